The zero-order valence-corrected chi connectivity index (χ0v) is 16.5. The third-order valence-corrected chi connectivity index (χ3v) is 5.61. The van der Waals surface area contributed by atoms with Gasteiger partial charge in [0.2, 0.25) is 11.8 Å². The quantitative estimate of drug-likeness (QED) is 0.583. The molecule has 1 heterocycles. The first-order valence-corrected chi connectivity index (χ1v) is 10.0. The average molecular weight is 395 g/mol. The summed E-state index contributed by atoms with van der Waals surface area (Å²) in [5, 5.41) is 11.1. The normalized spacial score (nSPS) is 14.5. The molecule has 1 aromatic heterocycles. The lowest BCUT2D eigenvalue weighted by Crippen LogP contribution is -2.19. The maximum atomic E-state index is 13.2. The first kappa shape index (κ1) is 18.6. The van der Waals surface area contributed by atoms with Gasteiger partial charge in [-0.3, -0.25) is 4.79 Å². The van der Waals surface area contributed by atoms with Crippen molar-refractivity contribution in [2.75, 3.05) is 12.4 Å². The Bertz CT molecular complexity index is 970. The molecule has 4 rings (SSSR count). The van der Waals surface area contributed by atoms with Crippen LogP contribution in [0.25, 0.3) is 0 Å². The maximum Gasteiger partial charge on any atom is 0.277 e. The summed E-state index contributed by atoms with van der Waals surface area (Å²) in [5.74, 6) is 1.48. The monoisotopic (exact) mass is 395 g/mol. The highest BCUT2D eigenvalue weighted by Gasteiger charge is 2.31. The molecular weight excluding hydrogens is 374 g/mol. The number of carbonyl (C=O) groups excluding carboxylic acids is 1. The van der Waals surface area contributed by atoms with Gasteiger partial charge in [0.15, 0.2) is 0 Å². The predicted octanol–water partition coefficient (Wildman–Crippen LogP) is 4.74. The molecule has 0 unspecified atom stereocenters. The van der Waals surface area contributed by atoms with E-state index in [9.17, 15) is 4.79 Å². The third-order valence-electron chi connectivity index (χ3n) is 4.52. The molecule has 0 aliphatic heterocycles. The SMILES string of the molecule is COc1ccc(C)cc1NC(=O)[C@@H](Sc1nnc(C2CC2)o1)c1ccccc1. The Balaban J connectivity index is 1.59. The second kappa shape index (κ2) is 8.06. The van der Waals surface area contributed by atoms with Crippen molar-refractivity contribution in [3.05, 3.63) is 65.5 Å². The molecule has 3 aromatic rings. The molecule has 0 saturated heterocycles. The van der Waals surface area contributed by atoms with E-state index in [0.717, 1.165) is 24.0 Å². The van der Waals surface area contributed by atoms with E-state index in [2.05, 4.69) is 15.5 Å². The van der Waals surface area contributed by atoms with E-state index in [4.69, 9.17) is 9.15 Å². The molecule has 1 N–H and O–H groups in total. The number of amides is 1. The van der Waals surface area contributed by atoms with E-state index in [-0.39, 0.29) is 5.91 Å². The standard InChI is InChI=1S/C21H21N3O3S/c1-13-8-11-17(26-2)16(12-13)22-19(25)18(14-6-4-3-5-7-14)28-21-24-23-20(27-21)15-9-10-15/h3-8,11-12,15,18H,9-10H2,1-2H3,(H,22,25)/t18-/m0/s1. The fourth-order valence-corrected chi connectivity index (χ4v) is 3.76. The predicted molar refractivity (Wildman–Crippen MR) is 108 cm³/mol. The van der Waals surface area contributed by atoms with E-state index in [1.165, 1.54) is 11.8 Å². The van der Waals surface area contributed by atoms with E-state index < -0.39 is 5.25 Å². The first-order valence-electron chi connectivity index (χ1n) is 9.14. The van der Waals surface area contributed by atoms with E-state index in [1.807, 2.05) is 55.5 Å². The molecule has 0 bridgehead atoms. The van der Waals surface area contributed by atoms with Crippen LogP contribution in [0.2, 0.25) is 0 Å². The number of benzene rings is 2. The third kappa shape index (κ3) is 4.20. The molecule has 1 fully saturated rings. The molecule has 144 valence electrons. The highest BCUT2D eigenvalue weighted by molar-refractivity contribution is 8.00. The van der Waals surface area contributed by atoms with E-state index in [0.29, 0.717) is 28.5 Å². The summed E-state index contributed by atoms with van der Waals surface area (Å²) in [6.07, 6.45) is 2.17. The lowest BCUT2D eigenvalue weighted by atomic mass is 10.1. The number of hydrogen-bond donors (Lipinski definition) is 1. The number of carbonyl (C=O) groups is 1. The van der Waals surface area contributed by atoms with Crippen LogP contribution in [0.4, 0.5) is 5.69 Å². The molecule has 28 heavy (non-hydrogen) atoms. The number of aryl methyl sites for hydroxylation is 1. The minimum absolute atomic E-state index is 0.175. The van der Waals surface area contributed by atoms with E-state index in [1.54, 1.807) is 7.11 Å². The van der Waals surface area contributed by atoms with Gasteiger partial charge in [-0.15, -0.1) is 10.2 Å². The number of anilines is 1. The smallest absolute Gasteiger partial charge is 0.277 e. The highest BCUT2D eigenvalue weighted by atomic mass is 32.2. The molecule has 1 aliphatic carbocycles. The van der Waals surface area contributed by atoms with Gasteiger partial charge in [0, 0.05) is 5.92 Å². The van der Waals surface area contributed by atoms with Crippen LogP contribution in [0.3, 0.4) is 0 Å². The van der Waals surface area contributed by atoms with Crippen molar-refractivity contribution in [3.63, 3.8) is 0 Å². The van der Waals surface area contributed by atoms with Gasteiger partial charge in [-0.1, -0.05) is 36.4 Å². The Kier molecular flexibility index (Phi) is 5.34. The Morgan fingerprint density at radius 2 is 2.00 bits per heavy atom. The van der Waals surface area contributed by atoms with Crippen LogP contribution < -0.4 is 10.1 Å². The van der Waals surface area contributed by atoms with Crippen LogP contribution in [-0.4, -0.2) is 23.2 Å². The van der Waals surface area contributed by atoms with Crippen LogP contribution in [-0.2, 0) is 4.79 Å². The lowest BCUT2D eigenvalue weighted by Gasteiger charge is -2.17. The van der Waals surface area contributed by atoms with Crippen LogP contribution in [0.1, 0.15) is 41.0 Å². The van der Waals surface area contributed by atoms with Crippen molar-refractivity contribution in [1.29, 1.82) is 0 Å². The number of hydrogen-bond acceptors (Lipinski definition) is 6. The largest absolute Gasteiger partial charge is 0.495 e. The molecule has 1 amide bonds. The molecule has 6 nitrogen and oxygen atoms in total. The van der Waals surface area contributed by atoms with Crippen molar-refractivity contribution in [2.24, 2.45) is 0 Å². The molecule has 0 spiro atoms. The number of nitrogens with one attached hydrogen (secondary N) is 1. The summed E-state index contributed by atoms with van der Waals surface area (Å²) in [7, 11) is 1.58. The van der Waals surface area contributed by atoms with Gasteiger partial charge in [-0.2, -0.15) is 0 Å². The second-order valence-corrected chi connectivity index (χ2v) is 7.84. The Morgan fingerprint density at radius 1 is 1.21 bits per heavy atom. The van der Waals surface area contributed by atoms with Crippen molar-refractivity contribution >= 4 is 23.4 Å². The van der Waals surface area contributed by atoms with Gasteiger partial charge in [0.1, 0.15) is 11.0 Å². The Labute approximate surface area is 167 Å². The number of thioether (sulfide) groups is 1. The van der Waals surface area contributed by atoms with Gasteiger partial charge in [0.05, 0.1) is 12.8 Å². The average Bonchev–Trinajstić information content (AvgIpc) is 3.45. The number of nitrogens with zero attached hydrogens (tertiary/aromatic N) is 2. The molecule has 7 heteroatoms. The summed E-state index contributed by atoms with van der Waals surface area (Å²) in [5.41, 5.74) is 2.53. The van der Waals surface area contributed by atoms with Crippen LogP contribution in [0.5, 0.6) is 5.75 Å². The fourth-order valence-electron chi connectivity index (χ4n) is 2.88. The minimum atomic E-state index is -0.529. The number of ether oxygens (including phenoxy) is 1. The molecule has 1 aliphatic rings. The summed E-state index contributed by atoms with van der Waals surface area (Å²) in [4.78, 5) is 13.2. The number of aromatic nitrogens is 2. The van der Waals surface area contributed by atoms with Crippen molar-refractivity contribution in [3.8, 4) is 5.75 Å². The first-order chi connectivity index (χ1) is 13.6. The van der Waals surface area contributed by atoms with Crippen LogP contribution in [0.15, 0.2) is 58.2 Å². The summed E-state index contributed by atoms with van der Waals surface area (Å²) in [6, 6.07) is 15.3. The molecular formula is C21H21N3O3S. The van der Waals surface area contributed by atoms with E-state index >= 15 is 0 Å². The minimum Gasteiger partial charge on any atom is -0.495 e. The van der Waals surface area contributed by atoms with Crippen molar-refractivity contribution < 1.29 is 13.9 Å². The second-order valence-electron chi connectivity index (χ2n) is 6.78. The van der Waals surface area contributed by atoms with Crippen LogP contribution in [0, 0.1) is 6.92 Å². The number of rotatable bonds is 7. The summed E-state index contributed by atoms with van der Waals surface area (Å²) in [6.45, 7) is 1.97. The van der Waals surface area contributed by atoms with Crippen molar-refractivity contribution in [1.82, 2.24) is 10.2 Å². The highest BCUT2D eigenvalue weighted by Crippen LogP contribution is 2.42. The fraction of sp³-hybridized carbons (Fsp3) is 0.286. The molecule has 0 radical (unpaired) electrons. The van der Waals surface area contributed by atoms with Gasteiger partial charge in [-0.05, 0) is 54.8 Å². The Morgan fingerprint density at radius 3 is 2.71 bits per heavy atom. The van der Waals surface area contributed by atoms with Gasteiger partial charge >= 0.3 is 0 Å². The lowest BCUT2D eigenvalue weighted by molar-refractivity contribution is -0.115. The van der Waals surface area contributed by atoms with Gasteiger partial charge in [-0.25, -0.2) is 0 Å². The molecule has 2 aromatic carbocycles. The maximum absolute atomic E-state index is 13.2. The topological polar surface area (TPSA) is 77.2 Å². The molecule has 1 atom stereocenters. The number of methoxy groups -OCH3 is 1. The van der Waals surface area contributed by atoms with Gasteiger partial charge < -0.3 is 14.5 Å². The molecule has 1 saturated carbocycles. The summed E-state index contributed by atoms with van der Waals surface area (Å²) >= 11 is 1.26. The van der Waals surface area contributed by atoms with Crippen molar-refractivity contribution in [2.45, 2.75) is 36.2 Å². The Hall–Kier alpha value is -2.80. The zero-order chi connectivity index (χ0) is 19.5. The van der Waals surface area contributed by atoms with Gasteiger partial charge in [0.25, 0.3) is 5.22 Å². The van der Waals surface area contributed by atoms with Crippen LogP contribution >= 0.6 is 11.8 Å². The summed E-state index contributed by atoms with van der Waals surface area (Å²) < 4.78 is 11.1. The zero-order valence-electron chi connectivity index (χ0n) is 15.7.